The third kappa shape index (κ3) is 3.59. The summed E-state index contributed by atoms with van der Waals surface area (Å²) in [5.41, 5.74) is 2.64. The largest absolute Gasteiger partial charge is 0.330 e. The van der Waals surface area contributed by atoms with Crippen LogP contribution in [0.25, 0.3) is 11.0 Å². The van der Waals surface area contributed by atoms with E-state index in [0.717, 1.165) is 6.54 Å². The normalized spacial score (nSPS) is 11.3. The van der Waals surface area contributed by atoms with E-state index in [0.29, 0.717) is 0 Å². The first-order valence-electron chi connectivity index (χ1n) is 7.80. The van der Waals surface area contributed by atoms with Gasteiger partial charge in [-0.15, -0.1) is 0 Å². The first kappa shape index (κ1) is 14.1. The highest BCUT2D eigenvalue weighted by Gasteiger charge is 2.08. The number of fused-ring (bicyclic) bond motifs is 1. The predicted octanol–water partition coefficient (Wildman–Crippen LogP) is 4.96. The Bertz CT molecular complexity index is 499. The molecule has 0 amide bonds. The van der Waals surface area contributed by atoms with Gasteiger partial charge in [0.15, 0.2) is 0 Å². The van der Waals surface area contributed by atoms with Gasteiger partial charge in [-0.25, -0.2) is 4.98 Å². The van der Waals surface area contributed by atoms with Crippen molar-refractivity contribution in [3.63, 3.8) is 0 Å². The topological polar surface area (TPSA) is 17.8 Å². The van der Waals surface area contributed by atoms with Gasteiger partial charge in [0.25, 0.3) is 0 Å². The average molecular weight is 258 g/mol. The number of hydrogen-bond donors (Lipinski definition) is 0. The van der Waals surface area contributed by atoms with Crippen LogP contribution in [-0.2, 0) is 13.0 Å². The molecule has 0 aliphatic heterocycles. The summed E-state index contributed by atoms with van der Waals surface area (Å²) in [6.45, 7) is 5.64. The van der Waals surface area contributed by atoms with E-state index in [1.807, 2.05) is 12.3 Å². The SMILES string of the molecule is CCCCCc1cc2cccnc2n1CCCCC. The molecule has 0 spiro atoms. The maximum Gasteiger partial charge on any atom is 0.140 e. The quantitative estimate of drug-likeness (QED) is 0.612. The Hall–Kier alpha value is -1.31. The van der Waals surface area contributed by atoms with Crippen molar-refractivity contribution >= 4 is 11.0 Å². The fraction of sp³-hybridized carbons (Fsp3) is 0.588. The fourth-order valence-electron chi connectivity index (χ4n) is 2.67. The minimum atomic E-state index is 1.12. The molecule has 0 bridgehead atoms. The summed E-state index contributed by atoms with van der Waals surface area (Å²) in [4.78, 5) is 4.57. The van der Waals surface area contributed by atoms with Crippen molar-refractivity contribution in [2.45, 2.75) is 65.3 Å². The Morgan fingerprint density at radius 1 is 1.05 bits per heavy atom. The second kappa shape index (κ2) is 7.32. The molecule has 0 aliphatic carbocycles. The lowest BCUT2D eigenvalue weighted by Gasteiger charge is -2.09. The Labute approximate surface area is 116 Å². The van der Waals surface area contributed by atoms with E-state index in [1.54, 1.807) is 0 Å². The molecule has 0 aromatic carbocycles. The number of rotatable bonds is 8. The van der Waals surface area contributed by atoms with Gasteiger partial charge in [-0.3, -0.25) is 0 Å². The minimum absolute atomic E-state index is 1.12. The lowest BCUT2D eigenvalue weighted by molar-refractivity contribution is 0.584. The van der Waals surface area contributed by atoms with Crippen molar-refractivity contribution in [2.24, 2.45) is 0 Å². The second-order valence-corrected chi connectivity index (χ2v) is 5.37. The summed E-state index contributed by atoms with van der Waals surface area (Å²) in [6.07, 6.45) is 10.8. The van der Waals surface area contributed by atoms with Gasteiger partial charge >= 0.3 is 0 Å². The maximum atomic E-state index is 4.57. The summed E-state index contributed by atoms with van der Waals surface area (Å²) < 4.78 is 2.45. The van der Waals surface area contributed by atoms with Gasteiger partial charge < -0.3 is 4.57 Å². The highest BCUT2D eigenvalue weighted by Crippen LogP contribution is 2.20. The molecule has 0 fully saturated rings. The van der Waals surface area contributed by atoms with Gasteiger partial charge in [0.05, 0.1) is 0 Å². The van der Waals surface area contributed by atoms with Crippen LogP contribution < -0.4 is 0 Å². The lowest BCUT2D eigenvalue weighted by atomic mass is 10.1. The number of aromatic nitrogens is 2. The number of pyridine rings is 1. The number of hydrogen-bond acceptors (Lipinski definition) is 1. The molecule has 0 aliphatic rings. The molecule has 19 heavy (non-hydrogen) atoms. The molecule has 0 saturated carbocycles. The van der Waals surface area contributed by atoms with Gasteiger partial charge in [0.1, 0.15) is 5.65 Å². The second-order valence-electron chi connectivity index (χ2n) is 5.37. The molecule has 104 valence electrons. The molecule has 0 atom stereocenters. The molecule has 0 radical (unpaired) electrons. The highest BCUT2D eigenvalue weighted by molar-refractivity contribution is 5.77. The van der Waals surface area contributed by atoms with E-state index >= 15 is 0 Å². The summed E-state index contributed by atoms with van der Waals surface area (Å²) in [5.74, 6) is 0. The fourth-order valence-corrected chi connectivity index (χ4v) is 2.67. The van der Waals surface area contributed by atoms with Crippen molar-refractivity contribution in [2.75, 3.05) is 0 Å². The molecule has 2 heterocycles. The van der Waals surface area contributed by atoms with Crippen LogP contribution in [-0.4, -0.2) is 9.55 Å². The number of nitrogens with zero attached hydrogens (tertiary/aromatic N) is 2. The zero-order chi connectivity index (χ0) is 13.5. The first-order valence-corrected chi connectivity index (χ1v) is 7.80. The number of unbranched alkanes of at least 4 members (excludes halogenated alkanes) is 4. The van der Waals surface area contributed by atoms with Gasteiger partial charge in [-0.05, 0) is 37.5 Å². The summed E-state index contributed by atoms with van der Waals surface area (Å²) in [5, 5.41) is 1.30. The molecule has 2 rings (SSSR count). The summed E-state index contributed by atoms with van der Waals surface area (Å²) in [7, 11) is 0. The van der Waals surface area contributed by atoms with Crippen LogP contribution in [0.1, 0.15) is 58.1 Å². The van der Waals surface area contributed by atoms with E-state index in [-0.39, 0.29) is 0 Å². The Morgan fingerprint density at radius 3 is 2.63 bits per heavy atom. The van der Waals surface area contributed by atoms with Crippen LogP contribution in [0.5, 0.6) is 0 Å². The monoisotopic (exact) mass is 258 g/mol. The Balaban J connectivity index is 2.18. The number of aryl methyl sites for hydroxylation is 2. The van der Waals surface area contributed by atoms with Crippen molar-refractivity contribution < 1.29 is 0 Å². The van der Waals surface area contributed by atoms with Gasteiger partial charge in [0, 0.05) is 23.8 Å². The van der Waals surface area contributed by atoms with Crippen LogP contribution in [0.2, 0.25) is 0 Å². The van der Waals surface area contributed by atoms with E-state index < -0.39 is 0 Å². The van der Waals surface area contributed by atoms with E-state index in [4.69, 9.17) is 0 Å². The average Bonchev–Trinajstić information content (AvgIpc) is 2.78. The van der Waals surface area contributed by atoms with Crippen molar-refractivity contribution in [1.82, 2.24) is 9.55 Å². The molecular formula is C17H26N2. The molecule has 0 saturated heterocycles. The van der Waals surface area contributed by atoms with E-state index in [9.17, 15) is 0 Å². The van der Waals surface area contributed by atoms with E-state index in [2.05, 4.69) is 35.5 Å². The van der Waals surface area contributed by atoms with Gasteiger partial charge in [-0.2, -0.15) is 0 Å². The van der Waals surface area contributed by atoms with Crippen molar-refractivity contribution in [3.05, 3.63) is 30.1 Å². The third-order valence-electron chi connectivity index (χ3n) is 3.76. The van der Waals surface area contributed by atoms with Crippen LogP contribution in [0.3, 0.4) is 0 Å². The predicted molar refractivity (Wildman–Crippen MR) is 82.5 cm³/mol. The van der Waals surface area contributed by atoms with Crippen molar-refractivity contribution in [1.29, 1.82) is 0 Å². The summed E-state index contributed by atoms with van der Waals surface area (Å²) in [6, 6.07) is 6.56. The Morgan fingerprint density at radius 2 is 1.84 bits per heavy atom. The zero-order valence-corrected chi connectivity index (χ0v) is 12.4. The standard InChI is InChI=1S/C17H26N2/c1-3-5-7-11-16-14-15-10-9-12-18-17(15)19(16)13-8-6-4-2/h9-10,12,14H,3-8,11,13H2,1-2H3. The first-order chi connectivity index (χ1) is 9.36. The third-order valence-corrected chi connectivity index (χ3v) is 3.76. The minimum Gasteiger partial charge on any atom is -0.330 e. The zero-order valence-electron chi connectivity index (χ0n) is 12.4. The lowest BCUT2D eigenvalue weighted by Crippen LogP contribution is -2.04. The maximum absolute atomic E-state index is 4.57. The van der Waals surface area contributed by atoms with Crippen molar-refractivity contribution in [3.8, 4) is 0 Å². The molecule has 2 nitrogen and oxygen atoms in total. The molecular weight excluding hydrogens is 232 g/mol. The van der Waals surface area contributed by atoms with E-state index in [1.165, 1.54) is 61.7 Å². The molecule has 2 aromatic rings. The van der Waals surface area contributed by atoms with Crippen LogP contribution in [0, 0.1) is 0 Å². The molecule has 2 aromatic heterocycles. The summed E-state index contributed by atoms with van der Waals surface area (Å²) >= 11 is 0. The van der Waals surface area contributed by atoms with Crippen LogP contribution >= 0.6 is 0 Å². The molecule has 2 heteroatoms. The van der Waals surface area contributed by atoms with Crippen LogP contribution in [0.4, 0.5) is 0 Å². The van der Waals surface area contributed by atoms with Gasteiger partial charge in [-0.1, -0.05) is 39.5 Å². The van der Waals surface area contributed by atoms with Gasteiger partial charge in [0.2, 0.25) is 0 Å². The highest BCUT2D eigenvalue weighted by atomic mass is 15.0. The Kier molecular flexibility index (Phi) is 5.44. The smallest absolute Gasteiger partial charge is 0.140 e. The molecule has 0 unspecified atom stereocenters. The molecule has 0 N–H and O–H groups in total. The van der Waals surface area contributed by atoms with Crippen LogP contribution in [0.15, 0.2) is 24.4 Å².